The molecule has 2 aliphatic heterocycles. The molecule has 0 aliphatic carbocycles. The Morgan fingerprint density at radius 3 is 1.31 bits per heavy atom. The maximum Gasteiger partial charge on any atom is 0.295 e. The van der Waals surface area contributed by atoms with Crippen molar-refractivity contribution in [1.29, 1.82) is 0 Å². The predicted molar refractivity (Wildman–Crippen MR) is 187 cm³/mol. The van der Waals surface area contributed by atoms with E-state index in [4.69, 9.17) is 9.47 Å². The Morgan fingerprint density at radius 1 is 0.562 bits per heavy atom. The minimum Gasteiger partial charge on any atom is -0.378 e. The smallest absolute Gasteiger partial charge is 0.295 e. The first-order valence-electron chi connectivity index (χ1n) is 15.7. The SMILES string of the molecule is O=C(C(=O)N1CCOCC1)c1cn(Cc2ccc(Cn3cc(C(=O)C(=O)N4CCOCC4)c4cc(Br)ccc43)cc2)c2ccc(Br)cc12. The number of nitrogens with zero attached hydrogens (tertiary/aromatic N) is 4. The normalized spacial score (nSPS) is 15.3. The van der Waals surface area contributed by atoms with Gasteiger partial charge in [-0.25, -0.2) is 0 Å². The number of hydrogen-bond acceptors (Lipinski definition) is 6. The highest BCUT2D eigenvalue weighted by Gasteiger charge is 2.29. The zero-order chi connectivity index (χ0) is 33.4. The molecule has 2 saturated heterocycles. The Labute approximate surface area is 293 Å². The topological polar surface area (TPSA) is 103 Å². The van der Waals surface area contributed by atoms with Crippen LogP contribution in [-0.4, -0.2) is 94.9 Å². The number of Topliss-reactive ketones (excluding diaryl/α,β-unsaturated/α-hetero) is 2. The summed E-state index contributed by atoms with van der Waals surface area (Å²) in [5.74, 6) is -2.07. The van der Waals surface area contributed by atoms with Gasteiger partial charge in [0.05, 0.1) is 37.6 Å². The van der Waals surface area contributed by atoms with Crippen LogP contribution in [0.1, 0.15) is 31.8 Å². The molecule has 2 aromatic heterocycles. The summed E-state index contributed by atoms with van der Waals surface area (Å²) in [7, 11) is 0. The van der Waals surface area contributed by atoms with Crippen LogP contribution in [0.3, 0.4) is 0 Å². The minimum absolute atomic E-state index is 0.378. The molecule has 48 heavy (non-hydrogen) atoms. The predicted octanol–water partition coefficient (Wildman–Crippen LogP) is 5.30. The van der Waals surface area contributed by atoms with Gasteiger partial charge < -0.3 is 28.4 Å². The molecule has 0 radical (unpaired) electrons. The van der Waals surface area contributed by atoms with Crippen LogP contribution in [0.15, 0.2) is 82.0 Å². The summed E-state index contributed by atoms with van der Waals surface area (Å²) in [4.78, 5) is 56.1. The first kappa shape index (κ1) is 32.4. The van der Waals surface area contributed by atoms with Gasteiger partial charge in [-0.2, -0.15) is 0 Å². The molecule has 5 aromatic rings. The Hall–Kier alpha value is -4.10. The molecule has 4 heterocycles. The lowest BCUT2D eigenvalue weighted by molar-refractivity contribution is -0.130. The lowest BCUT2D eigenvalue weighted by atomic mass is 10.1. The highest BCUT2D eigenvalue weighted by atomic mass is 79.9. The van der Waals surface area contributed by atoms with E-state index in [1.165, 1.54) is 0 Å². The second-order valence-corrected chi connectivity index (χ2v) is 13.8. The molecule has 0 N–H and O–H groups in total. The zero-order valence-electron chi connectivity index (χ0n) is 26.0. The standard InChI is InChI=1S/C36H32Br2N4O6/c37-25-5-7-31-27(17-25)29(33(43)35(45)39-9-13-47-14-10-39)21-41(31)19-23-1-2-24(4-3-23)20-42-22-30(28-18-26(38)6-8-32(28)42)34(44)36(46)40-11-15-48-16-12-40/h1-8,17-18,21-22H,9-16,19-20H2. The highest BCUT2D eigenvalue weighted by molar-refractivity contribution is 9.10. The summed E-state index contributed by atoms with van der Waals surface area (Å²) in [5.41, 5.74) is 4.50. The lowest BCUT2D eigenvalue weighted by Crippen LogP contribution is -2.44. The van der Waals surface area contributed by atoms with Crippen molar-refractivity contribution in [2.24, 2.45) is 0 Å². The van der Waals surface area contributed by atoms with Crippen molar-refractivity contribution in [2.75, 3.05) is 52.6 Å². The number of ketones is 2. The molecule has 0 bridgehead atoms. The Balaban J connectivity index is 1.12. The lowest BCUT2D eigenvalue weighted by Gasteiger charge is -2.25. The first-order chi connectivity index (χ1) is 23.3. The molecule has 0 atom stereocenters. The highest BCUT2D eigenvalue weighted by Crippen LogP contribution is 2.29. The Morgan fingerprint density at radius 2 is 0.938 bits per heavy atom. The molecule has 12 heteroatoms. The van der Waals surface area contributed by atoms with E-state index >= 15 is 0 Å². The number of morpholine rings is 2. The molecule has 0 saturated carbocycles. The van der Waals surface area contributed by atoms with E-state index in [-0.39, 0.29) is 0 Å². The van der Waals surface area contributed by atoms with Gasteiger partial charge in [-0.15, -0.1) is 0 Å². The van der Waals surface area contributed by atoms with Crippen molar-refractivity contribution >= 4 is 77.0 Å². The van der Waals surface area contributed by atoms with Crippen molar-refractivity contribution in [3.63, 3.8) is 0 Å². The summed E-state index contributed by atoms with van der Waals surface area (Å²) in [5, 5.41) is 1.44. The monoisotopic (exact) mass is 774 g/mol. The number of aromatic nitrogens is 2. The van der Waals surface area contributed by atoms with Crippen LogP contribution >= 0.6 is 31.9 Å². The maximum absolute atomic E-state index is 13.4. The second-order valence-electron chi connectivity index (χ2n) is 11.9. The van der Waals surface area contributed by atoms with Gasteiger partial charge in [-0.05, 0) is 47.5 Å². The Bertz CT molecular complexity index is 1910. The van der Waals surface area contributed by atoms with Crippen LogP contribution < -0.4 is 0 Å². The summed E-state index contributed by atoms with van der Waals surface area (Å²) >= 11 is 7.03. The average Bonchev–Trinajstić information content (AvgIpc) is 3.65. The maximum atomic E-state index is 13.4. The number of amides is 2. The van der Waals surface area contributed by atoms with Crippen LogP contribution in [0.2, 0.25) is 0 Å². The fourth-order valence-electron chi connectivity index (χ4n) is 6.36. The number of rotatable bonds is 8. The van der Waals surface area contributed by atoms with Gasteiger partial charge in [-0.3, -0.25) is 19.2 Å². The number of benzene rings is 3. The first-order valence-corrected chi connectivity index (χ1v) is 17.3. The number of fused-ring (bicyclic) bond motifs is 2. The molecule has 2 fully saturated rings. The fourth-order valence-corrected chi connectivity index (χ4v) is 7.08. The summed E-state index contributed by atoms with van der Waals surface area (Å²) < 4.78 is 16.3. The summed E-state index contributed by atoms with van der Waals surface area (Å²) in [6.45, 7) is 4.31. The second kappa shape index (κ2) is 13.8. The van der Waals surface area contributed by atoms with Gasteiger partial charge in [0.25, 0.3) is 23.4 Å². The largest absolute Gasteiger partial charge is 0.378 e. The third kappa shape index (κ3) is 6.49. The van der Waals surface area contributed by atoms with Gasteiger partial charge >= 0.3 is 0 Å². The van der Waals surface area contributed by atoms with E-state index in [0.29, 0.717) is 76.8 Å². The Kier molecular flexibility index (Phi) is 9.32. The van der Waals surface area contributed by atoms with Gasteiger partial charge in [0, 0.05) is 82.4 Å². The third-order valence-corrected chi connectivity index (χ3v) is 9.88. The van der Waals surface area contributed by atoms with Crippen molar-refractivity contribution in [3.05, 3.63) is 104 Å². The van der Waals surface area contributed by atoms with Crippen LogP contribution in [-0.2, 0) is 32.2 Å². The number of hydrogen-bond donors (Lipinski definition) is 0. The van der Waals surface area contributed by atoms with Crippen LogP contribution in [0, 0.1) is 0 Å². The van der Waals surface area contributed by atoms with E-state index in [0.717, 1.165) is 41.9 Å². The van der Waals surface area contributed by atoms with E-state index in [2.05, 4.69) is 31.9 Å². The van der Waals surface area contributed by atoms with Crippen LogP contribution in [0.25, 0.3) is 21.8 Å². The minimum atomic E-state index is -0.524. The van der Waals surface area contributed by atoms with E-state index in [1.54, 1.807) is 22.2 Å². The molecular weight excluding hydrogens is 744 g/mol. The van der Waals surface area contributed by atoms with Crippen molar-refractivity contribution in [2.45, 2.75) is 13.1 Å². The molecule has 0 unspecified atom stereocenters. The molecule has 2 amide bonds. The molecular formula is C36H32Br2N4O6. The van der Waals surface area contributed by atoms with Crippen LogP contribution in [0.5, 0.6) is 0 Å². The van der Waals surface area contributed by atoms with E-state index in [1.807, 2.05) is 69.8 Å². The summed E-state index contributed by atoms with van der Waals surface area (Å²) in [6.07, 6.45) is 3.54. The molecule has 3 aromatic carbocycles. The summed E-state index contributed by atoms with van der Waals surface area (Å²) in [6, 6.07) is 19.6. The number of halogens is 2. The fraction of sp³-hybridized carbons (Fsp3) is 0.278. The molecule has 10 nitrogen and oxygen atoms in total. The van der Waals surface area contributed by atoms with Crippen molar-refractivity contribution in [3.8, 4) is 0 Å². The van der Waals surface area contributed by atoms with E-state index < -0.39 is 23.4 Å². The third-order valence-electron chi connectivity index (χ3n) is 8.89. The van der Waals surface area contributed by atoms with Gasteiger partial charge in [-0.1, -0.05) is 56.1 Å². The van der Waals surface area contributed by atoms with Gasteiger partial charge in [0.1, 0.15) is 0 Å². The van der Waals surface area contributed by atoms with Crippen LogP contribution in [0.4, 0.5) is 0 Å². The van der Waals surface area contributed by atoms with E-state index in [9.17, 15) is 19.2 Å². The molecule has 0 spiro atoms. The van der Waals surface area contributed by atoms with Gasteiger partial charge in [0.15, 0.2) is 0 Å². The molecule has 7 rings (SSSR count). The molecule has 246 valence electrons. The number of carbonyl (C=O) groups is 4. The quantitative estimate of drug-likeness (QED) is 0.157. The van der Waals surface area contributed by atoms with Crippen molar-refractivity contribution < 1.29 is 28.7 Å². The van der Waals surface area contributed by atoms with Gasteiger partial charge in [0.2, 0.25) is 0 Å². The number of carbonyl (C=O) groups excluding carboxylic acids is 4. The average molecular weight is 776 g/mol. The molecule has 2 aliphatic rings. The zero-order valence-corrected chi connectivity index (χ0v) is 29.2. The number of ether oxygens (including phenoxy) is 2. The van der Waals surface area contributed by atoms with Crippen molar-refractivity contribution in [1.82, 2.24) is 18.9 Å².